The number of hydrogen-bond donors (Lipinski definition) is 2. The minimum atomic E-state index is 0.402. The SMILES string of the molecule is CN=C(NCc1cccnc1OCCOC)NC1CCN(Cc2ccccc2)C(C)C1. The summed E-state index contributed by atoms with van der Waals surface area (Å²) in [7, 11) is 3.47. The number of aliphatic imine (C=N–C) groups is 1. The Morgan fingerprint density at radius 3 is 2.77 bits per heavy atom. The van der Waals surface area contributed by atoms with Crippen LogP contribution >= 0.6 is 0 Å². The molecule has 0 aliphatic carbocycles. The average Bonchev–Trinajstić information content (AvgIpc) is 2.80. The molecule has 2 heterocycles. The lowest BCUT2D eigenvalue weighted by atomic mass is 9.97. The maximum absolute atomic E-state index is 5.73. The van der Waals surface area contributed by atoms with Crippen molar-refractivity contribution in [2.75, 3.05) is 33.9 Å². The fourth-order valence-corrected chi connectivity index (χ4v) is 3.88. The van der Waals surface area contributed by atoms with E-state index < -0.39 is 0 Å². The van der Waals surface area contributed by atoms with Gasteiger partial charge in [-0.2, -0.15) is 0 Å². The number of likely N-dealkylation sites (tertiary alicyclic amines) is 1. The van der Waals surface area contributed by atoms with Crippen molar-refractivity contribution in [1.29, 1.82) is 0 Å². The fourth-order valence-electron chi connectivity index (χ4n) is 3.88. The maximum Gasteiger partial charge on any atom is 0.218 e. The third kappa shape index (κ3) is 7.22. The van der Waals surface area contributed by atoms with Crippen molar-refractivity contribution >= 4 is 5.96 Å². The molecule has 1 aliphatic rings. The van der Waals surface area contributed by atoms with Crippen molar-refractivity contribution in [2.45, 2.75) is 44.9 Å². The summed E-state index contributed by atoms with van der Waals surface area (Å²) in [5.41, 5.74) is 2.37. The molecule has 31 heavy (non-hydrogen) atoms. The van der Waals surface area contributed by atoms with Gasteiger partial charge in [0.05, 0.1) is 6.61 Å². The van der Waals surface area contributed by atoms with E-state index in [9.17, 15) is 0 Å². The Bertz CT molecular complexity index is 815. The van der Waals surface area contributed by atoms with Crippen LogP contribution in [0.3, 0.4) is 0 Å². The highest BCUT2D eigenvalue weighted by Gasteiger charge is 2.26. The van der Waals surface area contributed by atoms with E-state index in [0.717, 1.165) is 37.5 Å². The number of nitrogens with one attached hydrogen (secondary N) is 2. The Morgan fingerprint density at radius 2 is 2.03 bits per heavy atom. The molecule has 2 unspecified atom stereocenters. The standard InChI is InChI=1S/C24H35N5O2/c1-19-16-22(11-13-29(19)18-20-8-5-4-6-9-20)28-24(25-2)27-17-21-10-7-12-26-23(21)31-15-14-30-3/h4-10,12,19,22H,11,13-18H2,1-3H3,(H2,25,27,28). The lowest BCUT2D eigenvalue weighted by Gasteiger charge is -2.38. The molecule has 0 spiro atoms. The van der Waals surface area contributed by atoms with Crippen LogP contribution in [0.2, 0.25) is 0 Å². The van der Waals surface area contributed by atoms with Gasteiger partial charge < -0.3 is 20.1 Å². The smallest absolute Gasteiger partial charge is 0.218 e. The van der Waals surface area contributed by atoms with Gasteiger partial charge in [-0.1, -0.05) is 36.4 Å². The number of nitrogens with zero attached hydrogens (tertiary/aromatic N) is 3. The van der Waals surface area contributed by atoms with Crippen LogP contribution in [0.4, 0.5) is 0 Å². The second-order valence-corrected chi connectivity index (χ2v) is 7.91. The zero-order valence-electron chi connectivity index (χ0n) is 18.9. The summed E-state index contributed by atoms with van der Waals surface area (Å²) in [6.45, 7) is 6.00. The summed E-state index contributed by atoms with van der Waals surface area (Å²) in [5, 5.41) is 7.00. The number of benzene rings is 1. The van der Waals surface area contributed by atoms with Gasteiger partial charge in [0, 0.05) is 57.6 Å². The molecule has 0 bridgehead atoms. The fraction of sp³-hybridized carbons (Fsp3) is 0.500. The number of guanidine groups is 1. The molecule has 2 aromatic rings. The number of piperidine rings is 1. The zero-order chi connectivity index (χ0) is 21.9. The Hall–Kier alpha value is -2.64. The molecule has 0 saturated carbocycles. The van der Waals surface area contributed by atoms with E-state index in [1.165, 1.54) is 5.56 Å². The van der Waals surface area contributed by atoms with Crippen molar-refractivity contribution in [3.05, 3.63) is 59.8 Å². The van der Waals surface area contributed by atoms with E-state index in [2.05, 4.69) is 62.8 Å². The number of aromatic nitrogens is 1. The monoisotopic (exact) mass is 425 g/mol. The van der Waals surface area contributed by atoms with E-state index in [1.807, 2.05) is 19.2 Å². The van der Waals surface area contributed by atoms with Crippen LogP contribution < -0.4 is 15.4 Å². The summed E-state index contributed by atoms with van der Waals surface area (Å²) in [4.78, 5) is 11.3. The van der Waals surface area contributed by atoms with Gasteiger partial charge in [-0.15, -0.1) is 0 Å². The van der Waals surface area contributed by atoms with Crippen LogP contribution in [-0.2, 0) is 17.8 Å². The van der Waals surface area contributed by atoms with Crippen molar-refractivity contribution in [3.63, 3.8) is 0 Å². The van der Waals surface area contributed by atoms with Gasteiger partial charge in [0.25, 0.3) is 0 Å². The quantitative estimate of drug-likeness (QED) is 0.366. The van der Waals surface area contributed by atoms with Crippen LogP contribution in [0.5, 0.6) is 5.88 Å². The molecular weight excluding hydrogens is 390 g/mol. The lowest BCUT2D eigenvalue weighted by molar-refractivity contribution is 0.134. The third-order valence-electron chi connectivity index (χ3n) is 5.63. The first-order valence-electron chi connectivity index (χ1n) is 11.0. The summed E-state index contributed by atoms with van der Waals surface area (Å²) in [6.07, 6.45) is 3.92. The molecular formula is C24H35N5O2. The van der Waals surface area contributed by atoms with Gasteiger partial charge in [-0.05, 0) is 31.4 Å². The molecule has 2 atom stereocenters. The van der Waals surface area contributed by atoms with Gasteiger partial charge in [0.2, 0.25) is 5.88 Å². The summed E-state index contributed by atoms with van der Waals surface area (Å²) in [5.74, 6) is 1.44. The highest BCUT2D eigenvalue weighted by atomic mass is 16.5. The van der Waals surface area contributed by atoms with Crippen LogP contribution in [0.1, 0.15) is 30.9 Å². The molecule has 0 radical (unpaired) electrons. The van der Waals surface area contributed by atoms with Gasteiger partial charge in [-0.3, -0.25) is 9.89 Å². The highest BCUT2D eigenvalue weighted by molar-refractivity contribution is 5.80. The predicted octanol–water partition coefficient (Wildman–Crippen LogP) is 2.82. The number of pyridine rings is 1. The molecule has 1 aromatic carbocycles. The summed E-state index contributed by atoms with van der Waals surface area (Å²) in [6, 6.07) is 15.6. The molecule has 1 saturated heterocycles. The minimum Gasteiger partial charge on any atom is -0.475 e. The van der Waals surface area contributed by atoms with E-state index in [0.29, 0.717) is 37.7 Å². The largest absolute Gasteiger partial charge is 0.475 e. The normalized spacial score (nSPS) is 19.8. The average molecular weight is 426 g/mol. The molecule has 3 rings (SSSR count). The van der Waals surface area contributed by atoms with E-state index in [4.69, 9.17) is 9.47 Å². The first-order chi connectivity index (χ1) is 15.2. The van der Waals surface area contributed by atoms with Crippen LogP contribution in [-0.4, -0.2) is 61.8 Å². The first kappa shape index (κ1) is 23.0. The van der Waals surface area contributed by atoms with Crippen LogP contribution in [0, 0.1) is 0 Å². The number of ether oxygens (including phenoxy) is 2. The number of methoxy groups -OCH3 is 1. The molecule has 168 valence electrons. The molecule has 7 heteroatoms. The van der Waals surface area contributed by atoms with Gasteiger partial charge in [-0.25, -0.2) is 4.98 Å². The molecule has 2 N–H and O–H groups in total. The predicted molar refractivity (Wildman–Crippen MR) is 124 cm³/mol. The van der Waals surface area contributed by atoms with Crippen LogP contribution in [0.25, 0.3) is 0 Å². The number of rotatable bonds is 9. The second kappa shape index (κ2) is 12.3. The van der Waals surface area contributed by atoms with E-state index in [1.54, 1.807) is 13.3 Å². The molecule has 7 nitrogen and oxygen atoms in total. The molecule has 1 aromatic heterocycles. The zero-order valence-corrected chi connectivity index (χ0v) is 18.9. The van der Waals surface area contributed by atoms with Crippen molar-refractivity contribution < 1.29 is 9.47 Å². The molecule has 1 fully saturated rings. The summed E-state index contributed by atoms with van der Waals surface area (Å²) >= 11 is 0. The lowest BCUT2D eigenvalue weighted by Crippen LogP contribution is -2.51. The maximum atomic E-state index is 5.73. The van der Waals surface area contributed by atoms with Crippen molar-refractivity contribution in [2.24, 2.45) is 4.99 Å². The minimum absolute atomic E-state index is 0.402. The molecule has 0 amide bonds. The van der Waals surface area contributed by atoms with Gasteiger partial charge in [0.15, 0.2) is 5.96 Å². The Morgan fingerprint density at radius 1 is 1.19 bits per heavy atom. The Labute approximate surface area is 185 Å². The van der Waals surface area contributed by atoms with Crippen molar-refractivity contribution in [1.82, 2.24) is 20.5 Å². The second-order valence-electron chi connectivity index (χ2n) is 7.91. The van der Waals surface area contributed by atoms with Crippen LogP contribution in [0.15, 0.2) is 53.7 Å². The van der Waals surface area contributed by atoms with Crippen molar-refractivity contribution in [3.8, 4) is 5.88 Å². The Kier molecular flexibility index (Phi) is 9.12. The van der Waals surface area contributed by atoms with Gasteiger partial charge >= 0.3 is 0 Å². The topological polar surface area (TPSA) is 71.0 Å². The highest BCUT2D eigenvalue weighted by Crippen LogP contribution is 2.20. The third-order valence-corrected chi connectivity index (χ3v) is 5.63. The summed E-state index contributed by atoms with van der Waals surface area (Å²) < 4.78 is 10.8. The first-order valence-corrected chi connectivity index (χ1v) is 11.0. The Balaban J connectivity index is 1.48. The molecule has 1 aliphatic heterocycles. The van der Waals surface area contributed by atoms with E-state index >= 15 is 0 Å². The van der Waals surface area contributed by atoms with Gasteiger partial charge in [0.1, 0.15) is 6.61 Å². The number of hydrogen-bond acceptors (Lipinski definition) is 5. The van der Waals surface area contributed by atoms with E-state index in [-0.39, 0.29) is 0 Å².